The van der Waals surface area contributed by atoms with Gasteiger partial charge in [0.05, 0.1) is 11.4 Å². The molecule has 2 aromatic heterocycles. The minimum absolute atomic E-state index is 0.260. The average molecular weight is 477 g/mol. The number of nitrogens with two attached hydrogens (primary N) is 1. The summed E-state index contributed by atoms with van der Waals surface area (Å²) in [5.74, 6) is 0.493. The molecule has 9 nitrogen and oxygen atoms in total. The molecule has 1 aromatic carbocycles. The van der Waals surface area contributed by atoms with Crippen LogP contribution in [0.2, 0.25) is 0 Å². The molecule has 0 amide bonds. The van der Waals surface area contributed by atoms with Crippen molar-refractivity contribution in [2.45, 2.75) is 43.7 Å². The van der Waals surface area contributed by atoms with Crippen LogP contribution >= 0.6 is 0 Å². The summed E-state index contributed by atoms with van der Waals surface area (Å²) in [5, 5.41) is 21.8. The molecule has 3 aliphatic heterocycles. The largest absolute Gasteiger partial charge is 0.504 e. The van der Waals surface area contributed by atoms with Crippen LogP contribution in [-0.4, -0.2) is 63.5 Å². The number of nitrogens with one attached hydrogen (secondary N) is 1. The SMILES string of the molecule is Nc1nnc(-c2cccc(F)c2O)cc1N1C[C@H]2CC[C@@H](C1)N2c1nccc(C2CCNCC2)n1. The number of hydrogen-bond acceptors (Lipinski definition) is 9. The van der Waals surface area contributed by atoms with Crippen molar-refractivity contribution < 1.29 is 9.50 Å². The van der Waals surface area contributed by atoms with Crippen LogP contribution in [0.1, 0.15) is 37.3 Å². The molecule has 0 unspecified atom stereocenters. The van der Waals surface area contributed by atoms with Crippen LogP contribution in [-0.2, 0) is 0 Å². The molecule has 0 radical (unpaired) electrons. The molecule has 3 aromatic rings. The number of nitrogen functional groups attached to an aromatic ring is 1. The van der Waals surface area contributed by atoms with Crippen LogP contribution in [0.25, 0.3) is 11.3 Å². The summed E-state index contributed by atoms with van der Waals surface area (Å²) in [5.41, 5.74) is 8.80. The minimum Gasteiger partial charge on any atom is -0.504 e. The normalized spacial score (nSPS) is 22.5. The number of anilines is 3. The number of piperidine rings is 1. The number of para-hydroxylation sites is 1. The second-order valence-corrected chi connectivity index (χ2v) is 9.64. The van der Waals surface area contributed by atoms with Crippen LogP contribution < -0.4 is 20.9 Å². The van der Waals surface area contributed by atoms with Gasteiger partial charge in [-0.2, -0.15) is 0 Å². The highest BCUT2D eigenvalue weighted by molar-refractivity contribution is 5.74. The lowest BCUT2D eigenvalue weighted by Crippen LogP contribution is -2.54. The van der Waals surface area contributed by atoms with Crippen molar-refractivity contribution in [3.63, 3.8) is 0 Å². The highest BCUT2D eigenvalue weighted by Gasteiger charge is 2.42. The van der Waals surface area contributed by atoms with Crippen molar-refractivity contribution in [2.75, 3.05) is 41.7 Å². The van der Waals surface area contributed by atoms with Crippen molar-refractivity contribution in [3.05, 3.63) is 48.0 Å². The molecule has 5 heterocycles. The van der Waals surface area contributed by atoms with Gasteiger partial charge in [0.25, 0.3) is 0 Å². The summed E-state index contributed by atoms with van der Waals surface area (Å²) in [6.07, 6.45) is 6.22. The number of piperazine rings is 1. The predicted molar refractivity (Wildman–Crippen MR) is 132 cm³/mol. The fraction of sp³-hybridized carbons (Fsp3) is 0.440. The topological polar surface area (TPSA) is 116 Å². The number of rotatable bonds is 4. The Bertz CT molecular complexity index is 1220. The smallest absolute Gasteiger partial charge is 0.226 e. The second kappa shape index (κ2) is 8.92. The van der Waals surface area contributed by atoms with Gasteiger partial charge in [-0.3, -0.25) is 0 Å². The number of phenolic OH excluding ortho intramolecular Hbond substituents is 1. The lowest BCUT2D eigenvalue weighted by molar-refractivity contribution is 0.434. The van der Waals surface area contributed by atoms with Crippen molar-refractivity contribution in [3.8, 4) is 17.0 Å². The number of phenols is 1. The molecule has 0 saturated carbocycles. The fourth-order valence-corrected chi connectivity index (χ4v) is 5.76. The van der Waals surface area contributed by atoms with Crippen molar-refractivity contribution in [2.24, 2.45) is 0 Å². The van der Waals surface area contributed by atoms with Crippen molar-refractivity contribution in [1.82, 2.24) is 25.5 Å². The molecule has 35 heavy (non-hydrogen) atoms. The van der Waals surface area contributed by atoms with Gasteiger partial charge < -0.3 is 26.0 Å². The van der Waals surface area contributed by atoms with Gasteiger partial charge in [-0.15, -0.1) is 10.2 Å². The highest BCUT2D eigenvalue weighted by Crippen LogP contribution is 2.38. The summed E-state index contributed by atoms with van der Waals surface area (Å²) in [4.78, 5) is 14.3. The molecule has 3 aliphatic rings. The van der Waals surface area contributed by atoms with Gasteiger partial charge in [-0.05, 0) is 63.0 Å². The van der Waals surface area contributed by atoms with E-state index in [4.69, 9.17) is 10.7 Å². The molecule has 2 atom stereocenters. The molecule has 3 fully saturated rings. The number of aromatic hydroxyl groups is 1. The summed E-state index contributed by atoms with van der Waals surface area (Å²) in [7, 11) is 0. The standard InChI is InChI=1S/C25H29FN8O/c26-19-3-1-2-18(23(19)35)21-12-22(24(27)32-31-21)33-13-16-4-5-17(14-33)34(16)25-29-11-8-20(30-25)15-6-9-28-10-7-15/h1-3,8,11-12,15-17,28,35H,4-7,9-10,13-14H2,(H2,27,32)/t16-,17+. The van der Waals surface area contributed by atoms with Crippen LogP contribution in [0.3, 0.4) is 0 Å². The number of aromatic nitrogens is 4. The molecule has 4 N–H and O–H groups in total. The van der Waals surface area contributed by atoms with Gasteiger partial charge in [0, 0.05) is 48.5 Å². The van der Waals surface area contributed by atoms with Gasteiger partial charge in [-0.1, -0.05) is 6.07 Å². The van der Waals surface area contributed by atoms with E-state index in [-0.39, 0.29) is 12.1 Å². The first-order valence-electron chi connectivity index (χ1n) is 12.3. The zero-order valence-electron chi connectivity index (χ0n) is 19.4. The van der Waals surface area contributed by atoms with Crippen molar-refractivity contribution in [1.29, 1.82) is 0 Å². The Hall–Kier alpha value is -3.53. The van der Waals surface area contributed by atoms with E-state index in [0.29, 0.717) is 23.0 Å². The summed E-state index contributed by atoms with van der Waals surface area (Å²) >= 11 is 0. The van der Waals surface area contributed by atoms with E-state index in [9.17, 15) is 9.50 Å². The van der Waals surface area contributed by atoms with Crippen LogP contribution in [0.5, 0.6) is 5.75 Å². The molecule has 0 spiro atoms. The Morgan fingerprint density at radius 1 is 1.03 bits per heavy atom. The quantitative estimate of drug-likeness (QED) is 0.523. The Balaban J connectivity index is 1.26. The lowest BCUT2D eigenvalue weighted by atomic mass is 9.94. The van der Waals surface area contributed by atoms with Crippen LogP contribution in [0.4, 0.5) is 21.8 Å². The molecular formula is C25H29FN8O. The Morgan fingerprint density at radius 2 is 1.80 bits per heavy atom. The first-order chi connectivity index (χ1) is 17.1. The van der Waals surface area contributed by atoms with E-state index >= 15 is 0 Å². The summed E-state index contributed by atoms with van der Waals surface area (Å²) < 4.78 is 13.9. The number of hydrogen-bond donors (Lipinski definition) is 3. The maximum absolute atomic E-state index is 13.9. The van der Waals surface area contributed by atoms with Gasteiger partial charge in [0.15, 0.2) is 17.4 Å². The first-order valence-corrected chi connectivity index (χ1v) is 12.3. The van der Waals surface area contributed by atoms with E-state index in [1.165, 1.54) is 6.07 Å². The number of halogens is 1. The van der Waals surface area contributed by atoms with E-state index in [0.717, 1.165) is 69.2 Å². The third-order valence-electron chi connectivity index (χ3n) is 7.54. The summed E-state index contributed by atoms with van der Waals surface area (Å²) in [6.45, 7) is 3.57. The molecule has 2 bridgehead atoms. The predicted octanol–water partition coefficient (Wildman–Crippen LogP) is 2.69. The van der Waals surface area contributed by atoms with Gasteiger partial charge in [-0.25, -0.2) is 14.4 Å². The fourth-order valence-electron chi connectivity index (χ4n) is 5.76. The summed E-state index contributed by atoms with van der Waals surface area (Å²) in [6, 6.07) is 8.75. The van der Waals surface area contributed by atoms with E-state index in [1.54, 1.807) is 18.2 Å². The minimum atomic E-state index is -0.693. The number of benzene rings is 1. The molecule has 0 aliphatic carbocycles. The number of nitrogens with zero attached hydrogens (tertiary/aromatic N) is 6. The molecule has 182 valence electrons. The van der Waals surface area contributed by atoms with Crippen LogP contribution in [0.15, 0.2) is 36.5 Å². The third kappa shape index (κ3) is 4.01. The van der Waals surface area contributed by atoms with Gasteiger partial charge in [0.1, 0.15) is 0 Å². The second-order valence-electron chi connectivity index (χ2n) is 9.64. The lowest BCUT2D eigenvalue weighted by Gasteiger charge is -2.42. The Kier molecular flexibility index (Phi) is 5.60. The molecule has 6 rings (SSSR count). The van der Waals surface area contributed by atoms with Crippen LogP contribution in [0, 0.1) is 5.82 Å². The first kappa shape index (κ1) is 22.0. The maximum Gasteiger partial charge on any atom is 0.226 e. The van der Waals surface area contributed by atoms with E-state index < -0.39 is 11.6 Å². The zero-order valence-corrected chi connectivity index (χ0v) is 19.4. The molecule has 3 saturated heterocycles. The molecule has 10 heteroatoms. The Labute approximate surface area is 203 Å². The molecular weight excluding hydrogens is 447 g/mol. The van der Waals surface area contributed by atoms with E-state index in [2.05, 4.69) is 36.4 Å². The Morgan fingerprint density at radius 3 is 2.57 bits per heavy atom. The van der Waals surface area contributed by atoms with Crippen molar-refractivity contribution >= 4 is 17.5 Å². The average Bonchev–Trinajstić information content (AvgIpc) is 3.16. The zero-order chi connectivity index (χ0) is 23.9. The number of fused-ring (bicyclic) bond motifs is 2. The van der Waals surface area contributed by atoms with Gasteiger partial charge in [0.2, 0.25) is 5.95 Å². The third-order valence-corrected chi connectivity index (χ3v) is 7.54. The highest BCUT2D eigenvalue weighted by atomic mass is 19.1. The van der Waals surface area contributed by atoms with Gasteiger partial charge >= 0.3 is 0 Å². The maximum atomic E-state index is 13.9. The van der Waals surface area contributed by atoms with E-state index in [1.807, 2.05) is 6.20 Å². The monoisotopic (exact) mass is 476 g/mol.